The van der Waals surface area contributed by atoms with Crippen LogP contribution in [0.3, 0.4) is 0 Å². The minimum Gasteiger partial charge on any atom is -0.550 e. The molecule has 24 heavy (non-hydrogen) atoms. The lowest BCUT2D eigenvalue weighted by atomic mass is 9.86. The van der Waals surface area contributed by atoms with Gasteiger partial charge < -0.3 is 20.0 Å². The van der Waals surface area contributed by atoms with E-state index in [1.165, 1.54) is 16.9 Å². The molecule has 0 atom stereocenters. The molecule has 0 aliphatic heterocycles. The summed E-state index contributed by atoms with van der Waals surface area (Å²) in [5.41, 5.74) is 2.87. The Labute approximate surface area is 146 Å². The third kappa shape index (κ3) is 5.23. The summed E-state index contributed by atoms with van der Waals surface area (Å²) in [6.45, 7) is 9.63. The van der Waals surface area contributed by atoms with E-state index in [0.717, 1.165) is 11.3 Å². The number of aliphatic carboxylic acids is 1. The number of carbonyl (C=O) groups excluding carboxylic acids is 1. The third-order valence-corrected chi connectivity index (χ3v) is 4.31. The van der Waals surface area contributed by atoms with Gasteiger partial charge >= 0.3 is 0 Å². The summed E-state index contributed by atoms with van der Waals surface area (Å²) >= 11 is 1.38. The predicted octanol–water partition coefficient (Wildman–Crippen LogP) is 2.53. The molecule has 0 aliphatic carbocycles. The molecule has 0 radical (unpaired) electrons. The van der Waals surface area contributed by atoms with Crippen LogP contribution in [0.25, 0.3) is 0 Å². The van der Waals surface area contributed by atoms with Crippen molar-refractivity contribution in [1.29, 1.82) is 0 Å². The van der Waals surface area contributed by atoms with E-state index in [4.69, 9.17) is 4.74 Å². The van der Waals surface area contributed by atoms with Crippen molar-refractivity contribution >= 4 is 22.4 Å². The van der Waals surface area contributed by atoms with Crippen molar-refractivity contribution in [2.24, 2.45) is 0 Å². The van der Waals surface area contributed by atoms with E-state index in [-0.39, 0.29) is 11.8 Å². The summed E-state index contributed by atoms with van der Waals surface area (Å²) in [4.78, 5) is 14.7. The Bertz CT molecular complexity index is 705. The molecule has 1 N–H and O–H groups in total. The highest BCUT2D eigenvalue weighted by Gasteiger charge is 2.18. The molecule has 0 saturated heterocycles. The second-order valence-corrected chi connectivity index (χ2v) is 7.58. The number of carboxylic acid groups (broad SMARTS) is 1. The van der Waals surface area contributed by atoms with Gasteiger partial charge in [0.1, 0.15) is 12.4 Å². The number of thiazole rings is 1. The van der Waals surface area contributed by atoms with Gasteiger partial charge in [-0.05, 0) is 29.5 Å². The summed E-state index contributed by atoms with van der Waals surface area (Å²) < 4.78 is 5.95. The fourth-order valence-corrected chi connectivity index (χ4v) is 3.04. The number of rotatable bonds is 7. The Kier molecular flexibility index (Phi) is 5.83. The molecule has 0 aliphatic rings. The lowest BCUT2D eigenvalue weighted by molar-refractivity contribution is -0.304. The number of hydrogen-bond donors (Lipinski definition) is 1. The van der Waals surface area contributed by atoms with Crippen molar-refractivity contribution in [3.05, 3.63) is 40.4 Å². The van der Waals surface area contributed by atoms with Gasteiger partial charge in [-0.25, -0.2) is 4.98 Å². The molecular formula is C18H23N2O3S-. The van der Waals surface area contributed by atoms with Gasteiger partial charge in [0, 0.05) is 17.8 Å². The Morgan fingerprint density at radius 1 is 1.38 bits per heavy atom. The molecule has 1 aromatic carbocycles. The van der Waals surface area contributed by atoms with E-state index in [1.54, 1.807) is 5.38 Å². The Morgan fingerprint density at radius 3 is 2.79 bits per heavy atom. The van der Waals surface area contributed by atoms with Crippen LogP contribution in [-0.2, 0) is 16.6 Å². The molecule has 130 valence electrons. The van der Waals surface area contributed by atoms with E-state index in [9.17, 15) is 9.90 Å². The number of nitrogens with one attached hydrogen (secondary N) is 1. The van der Waals surface area contributed by atoms with Crippen molar-refractivity contribution in [2.75, 3.05) is 18.5 Å². The average Bonchev–Trinajstić information content (AvgIpc) is 2.89. The summed E-state index contributed by atoms with van der Waals surface area (Å²) in [5.74, 6) is -0.217. The van der Waals surface area contributed by atoms with Crippen LogP contribution in [0.4, 0.5) is 5.13 Å². The van der Waals surface area contributed by atoms with E-state index in [2.05, 4.69) is 49.3 Å². The van der Waals surface area contributed by atoms with Crippen LogP contribution < -0.4 is 15.2 Å². The fourth-order valence-electron chi connectivity index (χ4n) is 2.30. The highest BCUT2D eigenvalue weighted by Crippen LogP contribution is 2.32. The number of nitrogens with zero attached hydrogens (tertiary/aromatic N) is 1. The van der Waals surface area contributed by atoms with Crippen LogP contribution in [0, 0.1) is 6.92 Å². The first-order valence-corrected chi connectivity index (χ1v) is 8.76. The first kappa shape index (κ1) is 18.3. The zero-order valence-corrected chi connectivity index (χ0v) is 15.3. The minimum atomic E-state index is -1.12. The van der Waals surface area contributed by atoms with E-state index < -0.39 is 5.97 Å². The quantitative estimate of drug-likeness (QED) is 0.779. The molecule has 6 heteroatoms. The standard InChI is InChI=1S/C18H24N2O3S/c1-12-5-6-14(18(2,3)4)15(9-12)23-8-7-19-17-20-13(11-24-17)10-16(21)22/h5-6,9,11H,7-8,10H2,1-4H3,(H,19,20)(H,21,22)/p-1. The third-order valence-electron chi connectivity index (χ3n) is 3.46. The molecule has 1 aromatic heterocycles. The zero-order valence-electron chi connectivity index (χ0n) is 14.5. The maximum absolute atomic E-state index is 10.5. The summed E-state index contributed by atoms with van der Waals surface area (Å²) in [5, 5.41) is 16.1. The number of carbonyl (C=O) groups is 1. The first-order valence-electron chi connectivity index (χ1n) is 7.88. The largest absolute Gasteiger partial charge is 0.550 e. The second-order valence-electron chi connectivity index (χ2n) is 6.72. The number of benzene rings is 1. The molecule has 1 heterocycles. The lowest BCUT2D eigenvalue weighted by Gasteiger charge is -2.23. The van der Waals surface area contributed by atoms with Gasteiger partial charge in [0.2, 0.25) is 0 Å². The lowest BCUT2D eigenvalue weighted by Crippen LogP contribution is -2.24. The number of anilines is 1. The maximum Gasteiger partial charge on any atom is 0.182 e. The van der Waals surface area contributed by atoms with Gasteiger partial charge in [-0.15, -0.1) is 11.3 Å². The Hall–Kier alpha value is -2.08. The Balaban J connectivity index is 1.89. The van der Waals surface area contributed by atoms with Gasteiger partial charge in [0.05, 0.1) is 12.2 Å². The van der Waals surface area contributed by atoms with Crippen molar-refractivity contribution in [3.63, 3.8) is 0 Å². The molecule has 2 rings (SSSR count). The molecule has 2 aromatic rings. The van der Waals surface area contributed by atoms with Crippen molar-refractivity contribution in [2.45, 2.75) is 39.5 Å². The SMILES string of the molecule is Cc1ccc(C(C)(C)C)c(OCCNc2nc(CC(=O)[O-])cs2)c1. The van der Waals surface area contributed by atoms with Gasteiger partial charge in [-0.2, -0.15) is 0 Å². The van der Waals surface area contributed by atoms with Crippen LogP contribution in [0.1, 0.15) is 37.6 Å². The van der Waals surface area contributed by atoms with Crippen LogP contribution >= 0.6 is 11.3 Å². The fraction of sp³-hybridized carbons (Fsp3) is 0.444. The molecular weight excluding hydrogens is 324 g/mol. The van der Waals surface area contributed by atoms with E-state index in [0.29, 0.717) is 24.0 Å². The average molecular weight is 347 g/mol. The molecule has 0 bridgehead atoms. The number of aryl methyl sites for hydroxylation is 1. The molecule has 0 spiro atoms. The van der Waals surface area contributed by atoms with Crippen LogP contribution in [0.2, 0.25) is 0 Å². The van der Waals surface area contributed by atoms with Gasteiger partial charge in [0.25, 0.3) is 0 Å². The number of carboxylic acids is 1. The van der Waals surface area contributed by atoms with E-state index in [1.807, 2.05) is 6.92 Å². The molecule has 0 unspecified atom stereocenters. The molecule has 0 fully saturated rings. The van der Waals surface area contributed by atoms with Crippen LogP contribution in [-0.4, -0.2) is 24.1 Å². The maximum atomic E-state index is 10.5. The highest BCUT2D eigenvalue weighted by molar-refractivity contribution is 7.13. The Morgan fingerprint density at radius 2 is 2.12 bits per heavy atom. The smallest absolute Gasteiger partial charge is 0.182 e. The topological polar surface area (TPSA) is 74.3 Å². The number of aromatic nitrogens is 1. The summed E-state index contributed by atoms with van der Waals surface area (Å²) in [6, 6.07) is 6.27. The van der Waals surface area contributed by atoms with E-state index >= 15 is 0 Å². The normalized spacial score (nSPS) is 11.3. The van der Waals surface area contributed by atoms with Crippen molar-refractivity contribution in [1.82, 2.24) is 4.98 Å². The highest BCUT2D eigenvalue weighted by atomic mass is 32.1. The zero-order chi connectivity index (χ0) is 17.7. The van der Waals surface area contributed by atoms with Gasteiger partial charge in [-0.3, -0.25) is 0 Å². The molecule has 5 nitrogen and oxygen atoms in total. The number of ether oxygens (including phenoxy) is 1. The number of hydrogen-bond acceptors (Lipinski definition) is 6. The van der Waals surface area contributed by atoms with Gasteiger partial charge in [0.15, 0.2) is 5.13 Å². The molecule has 0 amide bonds. The molecule has 0 saturated carbocycles. The monoisotopic (exact) mass is 347 g/mol. The van der Waals surface area contributed by atoms with Crippen molar-refractivity contribution in [3.8, 4) is 5.75 Å². The second kappa shape index (κ2) is 7.66. The minimum absolute atomic E-state index is 0.0194. The van der Waals surface area contributed by atoms with Crippen LogP contribution in [0.5, 0.6) is 5.75 Å². The van der Waals surface area contributed by atoms with Crippen molar-refractivity contribution < 1.29 is 14.6 Å². The first-order chi connectivity index (χ1) is 11.3. The summed E-state index contributed by atoms with van der Waals surface area (Å²) in [6.07, 6.45) is -0.160. The van der Waals surface area contributed by atoms with Crippen LogP contribution in [0.15, 0.2) is 23.6 Å². The predicted molar refractivity (Wildman–Crippen MR) is 94.7 cm³/mol. The summed E-state index contributed by atoms with van der Waals surface area (Å²) in [7, 11) is 0. The van der Waals surface area contributed by atoms with Gasteiger partial charge in [-0.1, -0.05) is 32.9 Å².